The predicted octanol–water partition coefficient (Wildman–Crippen LogP) is 1.13. The van der Waals surface area contributed by atoms with Crippen LogP contribution >= 0.6 is 0 Å². The van der Waals surface area contributed by atoms with E-state index in [2.05, 4.69) is 29.1 Å². The van der Waals surface area contributed by atoms with Gasteiger partial charge in [0.05, 0.1) is 6.54 Å². The number of likely N-dealkylation sites (N-methyl/N-ethyl adjacent to an activating group) is 1. The molecule has 0 aliphatic carbocycles. The summed E-state index contributed by atoms with van der Waals surface area (Å²) >= 11 is 0. The molecule has 1 aromatic rings. The summed E-state index contributed by atoms with van der Waals surface area (Å²) in [7, 11) is 2.09. The Morgan fingerprint density at radius 1 is 1.52 bits per heavy atom. The van der Waals surface area contributed by atoms with Gasteiger partial charge < -0.3 is 16.0 Å². The molecule has 1 heterocycles. The highest BCUT2D eigenvalue weighted by Crippen LogP contribution is 2.13. The third-order valence-corrected chi connectivity index (χ3v) is 3.78. The molecule has 112 valence electrons. The molecule has 4 nitrogen and oxygen atoms in total. The zero-order valence-electron chi connectivity index (χ0n) is 12.8. The maximum Gasteiger partial charge on any atom is 0.251 e. The Morgan fingerprint density at radius 2 is 2.33 bits per heavy atom. The summed E-state index contributed by atoms with van der Waals surface area (Å²) in [5.41, 5.74) is 7.88. The summed E-state index contributed by atoms with van der Waals surface area (Å²) in [4.78, 5) is 14.7. The van der Waals surface area contributed by atoms with Crippen LogP contribution in [-0.2, 0) is 0 Å². The van der Waals surface area contributed by atoms with Crippen molar-refractivity contribution in [3.05, 3.63) is 34.9 Å². The van der Waals surface area contributed by atoms with Gasteiger partial charge in [-0.05, 0) is 51.1 Å². The van der Waals surface area contributed by atoms with Crippen molar-refractivity contribution in [3.63, 3.8) is 0 Å². The van der Waals surface area contributed by atoms with Crippen molar-refractivity contribution >= 4 is 5.91 Å². The number of rotatable bonds is 2. The fourth-order valence-corrected chi connectivity index (χ4v) is 2.64. The van der Waals surface area contributed by atoms with Crippen LogP contribution in [-0.4, -0.2) is 43.5 Å². The van der Waals surface area contributed by atoms with Gasteiger partial charge in [-0.1, -0.05) is 17.9 Å². The standard InChI is InChI=1S/C17H23N3O/c1-13-7-8-14(5-3-9-18)11-16(13)17(21)19-15-6-4-10-20(2)12-15/h7-8,11,15H,4,6,9-10,12,18H2,1-2H3,(H,19,21). The van der Waals surface area contributed by atoms with Crippen molar-refractivity contribution in [2.24, 2.45) is 5.73 Å². The number of aryl methyl sites for hydroxylation is 1. The molecule has 0 spiro atoms. The average molecular weight is 285 g/mol. The third kappa shape index (κ3) is 4.32. The van der Waals surface area contributed by atoms with Gasteiger partial charge in [0.1, 0.15) is 0 Å². The van der Waals surface area contributed by atoms with Gasteiger partial charge in [-0.15, -0.1) is 0 Å². The first-order valence-corrected chi connectivity index (χ1v) is 7.39. The first kappa shape index (κ1) is 15.6. The summed E-state index contributed by atoms with van der Waals surface area (Å²) in [5.74, 6) is 5.78. The van der Waals surface area contributed by atoms with Crippen LogP contribution in [0.25, 0.3) is 0 Å². The highest BCUT2D eigenvalue weighted by atomic mass is 16.1. The second kappa shape index (κ2) is 7.26. The Kier molecular flexibility index (Phi) is 5.38. The summed E-state index contributed by atoms with van der Waals surface area (Å²) in [6, 6.07) is 5.93. The van der Waals surface area contributed by atoms with Crippen LogP contribution in [0.2, 0.25) is 0 Å². The zero-order valence-corrected chi connectivity index (χ0v) is 12.8. The van der Waals surface area contributed by atoms with Crippen LogP contribution < -0.4 is 11.1 Å². The lowest BCUT2D eigenvalue weighted by Crippen LogP contribution is -2.46. The number of carbonyl (C=O) groups is 1. The number of nitrogens with zero attached hydrogens (tertiary/aromatic N) is 1. The molecule has 2 rings (SSSR count). The molecule has 1 amide bonds. The summed E-state index contributed by atoms with van der Waals surface area (Å²) in [5, 5.41) is 3.14. The van der Waals surface area contributed by atoms with E-state index in [1.807, 2.05) is 25.1 Å². The fourth-order valence-electron chi connectivity index (χ4n) is 2.64. The highest BCUT2D eigenvalue weighted by Gasteiger charge is 2.20. The second-order valence-corrected chi connectivity index (χ2v) is 5.61. The molecule has 1 aromatic carbocycles. The van der Waals surface area contributed by atoms with Gasteiger partial charge in [0.25, 0.3) is 5.91 Å². The molecule has 4 heteroatoms. The van der Waals surface area contributed by atoms with Crippen molar-refractivity contribution in [1.82, 2.24) is 10.2 Å². The first-order valence-electron chi connectivity index (χ1n) is 7.39. The smallest absolute Gasteiger partial charge is 0.251 e. The van der Waals surface area contributed by atoms with E-state index in [1.165, 1.54) is 0 Å². The summed E-state index contributed by atoms with van der Waals surface area (Å²) < 4.78 is 0. The maximum absolute atomic E-state index is 12.5. The molecule has 3 N–H and O–H groups in total. The van der Waals surface area contributed by atoms with Crippen molar-refractivity contribution in [2.75, 3.05) is 26.7 Å². The Morgan fingerprint density at radius 3 is 3.05 bits per heavy atom. The van der Waals surface area contributed by atoms with Crippen LogP contribution in [0.15, 0.2) is 18.2 Å². The molecular formula is C17H23N3O. The fraction of sp³-hybridized carbons (Fsp3) is 0.471. The van der Waals surface area contributed by atoms with E-state index in [0.29, 0.717) is 12.1 Å². The molecule has 1 atom stereocenters. The molecule has 1 aliphatic heterocycles. The normalized spacial score (nSPS) is 18.7. The topological polar surface area (TPSA) is 58.4 Å². The molecule has 1 saturated heterocycles. The predicted molar refractivity (Wildman–Crippen MR) is 85.1 cm³/mol. The number of carbonyl (C=O) groups excluding carboxylic acids is 1. The minimum atomic E-state index is -0.0100. The molecule has 0 bridgehead atoms. The highest BCUT2D eigenvalue weighted by molar-refractivity contribution is 5.96. The quantitative estimate of drug-likeness (QED) is 0.801. The Bertz CT molecular complexity index is 571. The Labute approximate surface area is 126 Å². The number of nitrogens with two attached hydrogens (primary N) is 1. The Hall–Kier alpha value is -1.83. The van der Waals surface area contributed by atoms with Gasteiger partial charge in [0.15, 0.2) is 0 Å². The molecule has 1 aliphatic rings. The molecule has 0 saturated carbocycles. The average Bonchev–Trinajstić information content (AvgIpc) is 2.46. The lowest BCUT2D eigenvalue weighted by Gasteiger charge is -2.30. The monoisotopic (exact) mass is 285 g/mol. The minimum Gasteiger partial charge on any atom is -0.348 e. The number of hydrogen-bond acceptors (Lipinski definition) is 3. The number of nitrogens with one attached hydrogen (secondary N) is 1. The van der Waals surface area contributed by atoms with E-state index < -0.39 is 0 Å². The van der Waals surface area contributed by atoms with Crippen LogP contribution in [0.3, 0.4) is 0 Å². The lowest BCUT2D eigenvalue weighted by molar-refractivity contribution is 0.0912. The molecule has 1 fully saturated rings. The number of amides is 1. The molecule has 0 radical (unpaired) electrons. The SMILES string of the molecule is Cc1ccc(C#CCN)cc1C(=O)NC1CCCN(C)C1. The van der Waals surface area contributed by atoms with Crippen molar-refractivity contribution < 1.29 is 4.79 Å². The molecular weight excluding hydrogens is 262 g/mol. The van der Waals surface area contributed by atoms with Crippen LogP contribution in [0, 0.1) is 18.8 Å². The van der Waals surface area contributed by atoms with Crippen LogP contribution in [0.4, 0.5) is 0 Å². The number of piperidine rings is 1. The largest absolute Gasteiger partial charge is 0.348 e. The van der Waals surface area contributed by atoms with Crippen LogP contribution in [0.5, 0.6) is 0 Å². The van der Waals surface area contributed by atoms with Crippen molar-refractivity contribution in [1.29, 1.82) is 0 Å². The summed E-state index contributed by atoms with van der Waals surface area (Å²) in [6.45, 7) is 4.29. The van der Waals surface area contributed by atoms with E-state index in [4.69, 9.17) is 5.73 Å². The van der Waals surface area contributed by atoms with E-state index >= 15 is 0 Å². The van der Waals surface area contributed by atoms with Crippen molar-refractivity contribution in [3.8, 4) is 11.8 Å². The molecule has 1 unspecified atom stereocenters. The Balaban J connectivity index is 2.10. The second-order valence-electron chi connectivity index (χ2n) is 5.61. The number of benzene rings is 1. The maximum atomic E-state index is 12.5. The lowest BCUT2D eigenvalue weighted by atomic mass is 10.0. The number of hydrogen-bond donors (Lipinski definition) is 2. The van der Waals surface area contributed by atoms with Crippen LogP contribution in [0.1, 0.15) is 34.3 Å². The number of likely N-dealkylation sites (tertiary alicyclic amines) is 1. The molecule has 0 aromatic heterocycles. The van der Waals surface area contributed by atoms with Gasteiger partial charge in [0, 0.05) is 23.7 Å². The summed E-state index contributed by atoms with van der Waals surface area (Å²) in [6.07, 6.45) is 2.17. The van der Waals surface area contributed by atoms with Crippen molar-refractivity contribution in [2.45, 2.75) is 25.8 Å². The van der Waals surface area contributed by atoms with Gasteiger partial charge in [0.2, 0.25) is 0 Å². The van der Waals surface area contributed by atoms with E-state index in [-0.39, 0.29) is 11.9 Å². The van der Waals surface area contributed by atoms with Gasteiger partial charge in [-0.3, -0.25) is 4.79 Å². The van der Waals surface area contributed by atoms with Gasteiger partial charge in [-0.25, -0.2) is 0 Å². The van der Waals surface area contributed by atoms with Gasteiger partial charge >= 0.3 is 0 Å². The zero-order chi connectivity index (χ0) is 15.2. The van der Waals surface area contributed by atoms with E-state index in [1.54, 1.807) is 0 Å². The third-order valence-electron chi connectivity index (χ3n) is 3.78. The minimum absolute atomic E-state index is 0.0100. The van der Waals surface area contributed by atoms with E-state index in [0.717, 1.165) is 37.1 Å². The first-order chi connectivity index (χ1) is 10.1. The van der Waals surface area contributed by atoms with Gasteiger partial charge in [-0.2, -0.15) is 0 Å². The molecule has 21 heavy (non-hydrogen) atoms. The van der Waals surface area contributed by atoms with E-state index in [9.17, 15) is 4.79 Å².